The Morgan fingerprint density at radius 1 is 1.33 bits per heavy atom. The van der Waals surface area contributed by atoms with E-state index in [-0.39, 0.29) is 12.4 Å². The van der Waals surface area contributed by atoms with Gasteiger partial charge in [0.25, 0.3) is 6.47 Å². The van der Waals surface area contributed by atoms with Gasteiger partial charge in [0.15, 0.2) is 0 Å². The summed E-state index contributed by atoms with van der Waals surface area (Å²) in [7, 11) is 0. The van der Waals surface area contributed by atoms with Crippen molar-refractivity contribution in [3.63, 3.8) is 0 Å². The molecule has 6 heteroatoms. The third kappa shape index (κ3) is 8.02. The Balaban J connectivity index is 0.000000677. The van der Waals surface area contributed by atoms with Crippen molar-refractivity contribution in [2.45, 2.75) is 32.6 Å². The van der Waals surface area contributed by atoms with E-state index < -0.39 is 0 Å². The third-order valence-corrected chi connectivity index (χ3v) is 4.22. The zero-order chi connectivity index (χ0) is 15.5. The molecule has 2 aliphatic rings. The molecule has 122 valence electrons. The molecule has 0 aromatic carbocycles. The van der Waals surface area contributed by atoms with Crippen LogP contribution in [0, 0.1) is 11.8 Å². The topological polar surface area (TPSA) is 78.9 Å². The smallest absolute Gasteiger partial charge is 0.290 e. The van der Waals surface area contributed by atoms with Crippen molar-refractivity contribution >= 4 is 12.4 Å². The van der Waals surface area contributed by atoms with E-state index in [9.17, 15) is 4.79 Å². The van der Waals surface area contributed by atoms with Crippen molar-refractivity contribution in [3.05, 3.63) is 0 Å². The monoisotopic (exact) mass is 300 g/mol. The van der Waals surface area contributed by atoms with Gasteiger partial charge in [-0.3, -0.25) is 9.59 Å². The molecule has 2 rings (SSSR count). The largest absolute Gasteiger partial charge is 0.483 e. The number of ether oxygens (including phenoxy) is 1. The summed E-state index contributed by atoms with van der Waals surface area (Å²) in [6.45, 7) is 7.75. The number of amides is 1. The molecule has 2 saturated heterocycles. The highest BCUT2D eigenvalue weighted by Crippen LogP contribution is 2.20. The highest BCUT2D eigenvalue weighted by atomic mass is 16.5. The number of hydrogen-bond donors (Lipinski definition) is 2. The minimum atomic E-state index is -0.250. The number of likely N-dealkylation sites (tertiary alicyclic amines) is 1. The van der Waals surface area contributed by atoms with Gasteiger partial charge in [-0.25, -0.2) is 0 Å². The molecule has 1 atom stereocenters. The van der Waals surface area contributed by atoms with Gasteiger partial charge in [-0.2, -0.15) is 0 Å². The number of rotatable bonds is 5. The first kappa shape index (κ1) is 17.9. The quantitative estimate of drug-likeness (QED) is 0.739. The molecular formula is C15H28N2O4. The van der Waals surface area contributed by atoms with Gasteiger partial charge in [-0.1, -0.05) is 0 Å². The molecule has 1 unspecified atom stereocenters. The first-order valence-corrected chi connectivity index (χ1v) is 7.78. The van der Waals surface area contributed by atoms with E-state index in [0.29, 0.717) is 5.92 Å². The fraction of sp³-hybridized carbons (Fsp3) is 0.867. The van der Waals surface area contributed by atoms with Gasteiger partial charge >= 0.3 is 0 Å². The Kier molecular flexibility index (Phi) is 9.01. The Morgan fingerprint density at radius 2 is 2.00 bits per heavy atom. The van der Waals surface area contributed by atoms with Gasteiger partial charge in [-0.15, -0.1) is 0 Å². The minimum absolute atomic E-state index is 0.0960. The highest BCUT2D eigenvalue weighted by molar-refractivity contribution is 5.72. The molecule has 0 radical (unpaired) electrons. The molecule has 0 spiro atoms. The van der Waals surface area contributed by atoms with Crippen LogP contribution in [0.3, 0.4) is 0 Å². The van der Waals surface area contributed by atoms with E-state index in [1.807, 2.05) is 0 Å². The van der Waals surface area contributed by atoms with Gasteiger partial charge in [0, 0.05) is 26.7 Å². The van der Waals surface area contributed by atoms with Crippen LogP contribution in [0.5, 0.6) is 0 Å². The molecule has 0 saturated carbocycles. The molecule has 6 nitrogen and oxygen atoms in total. The summed E-state index contributed by atoms with van der Waals surface area (Å²) in [4.78, 5) is 21.8. The number of nitrogens with one attached hydrogen (secondary N) is 1. The molecule has 2 fully saturated rings. The second-order valence-electron chi connectivity index (χ2n) is 5.85. The maximum atomic E-state index is 10.9. The van der Waals surface area contributed by atoms with Crippen LogP contribution in [0.15, 0.2) is 0 Å². The van der Waals surface area contributed by atoms with Crippen LogP contribution in [-0.2, 0) is 14.3 Å². The number of carbonyl (C=O) groups excluding carboxylic acids is 1. The zero-order valence-corrected chi connectivity index (χ0v) is 12.9. The van der Waals surface area contributed by atoms with Crippen molar-refractivity contribution < 1.29 is 19.4 Å². The number of hydrogen-bond acceptors (Lipinski definition) is 4. The van der Waals surface area contributed by atoms with E-state index >= 15 is 0 Å². The van der Waals surface area contributed by atoms with Crippen molar-refractivity contribution in [2.75, 3.05) is 39.4 Å². The molecule has 0 aliphatic carbocycles. The maximum Gasteiger partial charge on any atom is 0.290 e. The predicted octanol–water partition coefficient (Wildman–Crippen LogP) is 0.962. The molecular weight excluding hydrogens is 272 g/mol. The van der Waals surface area contributed by atoms with Crippen LogP contribution in [0.1, 0.15) is 32.6 Å². The fourth-order valence-electron chi connectivity index (χ4n) is 2.88. The SMILES string of the molecule is CC(=O)NCC1CCN(CCC2CCOC2)CC1.O=CO. The average molecular weight is 300 g/mol. The van der Waals surface area contributed by atoms with E-state index in [0.717, 1.165) is 25.7 Å². The van der Waals surface area contributed by atoms with Crippen molar-refractivity contribution in [1.82, 2.24) is 10.2 Å². The predicted molar refractivity (Wildman–Crippen MR) is 80.1 cm³/mol. The van der Waals surface area contributed by atoms with E-state index in [1.54, 1.807) is 6.92 Å². The first-order valence-electron chi connectivity index (χ1n) is 7.78. The normalized spacial score (nSPS) is 23.2. The number of carboxylic acid groups (broad SMARTS) is 1. The summed E-state index contributed by atoms with van der Waals surface area (Å²) < 4.78 is 5.41. The van der Waals surface area contributed by atoms with Crippen LogP contribution >= 0.6 is 0 Å². The number of piperidine rings is 1. The van der Waals surface area contributed by atoms with Crippen LogP contribution in [-0.4, -0.2) is 61.8 Å². The van der Waals surface area contributed by atoms with Crippen molar-refractivity contribution in [2.24, 2.45) is 11.8 Å². The Bertz CT molecular complexity index is 298. The summed E-state index contributed by atoms with van der Waals surface area (Å²) >= 11 is 0. The lowest BCUT2D eigenvalue weighted by atomic mass is 9.96. The summed E-state index contributed by atoms with van der Waals surface area (Å²) in [6, 6.07) is 0. The van der Waals surface area contributed by atoms with Crippen LogP contribution in [0.4, 0.5) is 0 Å². The lowest BCUT2D eigenvalue weighted by Crippen LogP contribution is -2.39. The average Bonchev–Trinajstić information content (AvgIpc) is 2.98. The van der Waals surface area contributed by atoms with E-state index in [4.69, 9.17) is 14.6 Å². The second-order valence-corrected chi connectivity index (χ2v) is 5.85. The molecule has 0 bridgehead atoms. The molecule has 0 aromatic rings. The summed E-state index contributed by atoms with van der Waals surface area (Å²) in [5.41, 5.74) is 0. The summed E-state index contributed by atoms with van der Waals surface area (Å²) in [5, 5.41) is 9.82. The first-order chi connectivity index (χ1) is 10.2. The van der Waals surface area contributed by atoms with Gasteiger partial charge in [0.05, 0.1) is 0 Å². The number of carbonyl (C=O) groups is 2. The maximum absolute atomic E-state index is 10.9. The molecule has 21 heavy (non-hydrogen) atoms. The summed E-state index contributed by atoms with van der Waals surface area (Å²) in [6.07, 6.45) is 4.98. The van der Waals surface area contributed by atoms with Crippen molar-refractivity contribution in [3.8, 4) is 0 Å². The van der Waals surface area contributed by atoms with Crippen LogP contribution in [0.2, 0.25) is 0 Å². The zero-order valence-electron chi connectivity index (χ0n) is 12.9. The van der Waals surface area contributed by atoms with E-state index in [1.165, 1.54) is 45.3 Å². The fourth-order valence-corrected chi connectivity index (χ4v) is 2.88. The Morgan fingerprint density at radius 3 is 2.52 bits per heavy atom. The molecule has 2 aliphatic heterocycles. The standard InChI is InChI=1S/C14H26N2O2.CH2O2/c1-12(17)15-10-13-2-6-16(7-3-13)8-4-14-5-9-18-11-14;2-1-3/h13-14H,2-11H2,1H3,(H,15,17);1H,(H,2,3). The summed E-state index contributed by atoms with van der Waals surface area (Å²) in [5.74, 6) is 1.57. The van der Waals surface area contributed by atoms with Gasteiger partial charge in [0.2, 0.25) is 5.91 Å². The molecule has 0 aromatic heterocycles. The van der Waals surface area contributed by atoms with Crippen LogP contribution < -0.4 is 5.32 Å². The van der Waals surface area contributed by atoms with Crippen molar-refractivity contribution in [1.29, 1.82) is 0 Å². The Hall–Kier alpha value is -1.14. The minimum Gasteiger partial charge on any atom is -0.483 e. The molecule has 2 heterocycles. The van der Waals surface area contributed by atoms with E-state index in [2.05, 4.69) is 10.2 Å². The lowest BCUT2D eigenvalue weighted by Gasteiger charge is -2.32. The lowest BCUT2D eigenvalue weighted by molar-refractivity contribution is -0.123. The number of nitrogens with zero attached hydrogens (tertiary/aromatic N) is 1. The Labute approximate surface area is 126 Å². The van der Waals surface area contributed by atoms with Gasteiger partial charge in [-0.05, 0) is 57.2 Å². The molecule has 2 N–H and O–H groups in total. The van der Waals surface area contributed by atoms with Crippen LogP contribution in [0.25, 0.3) is 0 Å². The van der Waals surface area contributed by atoms with Gasteiger partial charge in [0.1, 0.15) is 0 Å². The third-order valence-electron chi connectivity index (χ3n) is 4.22. The highest BCUT2D eigenvalue weighted by Gasteiger charge is 2.21. The van der Waals surface area contributed by atoms with Gasteiger partial charge < -0.3 is 20.1 Å². The second kappa shape index (κ2) is 10.6. The molecule has 1 amide bonds.